The Bertz CT molecular complexity index is 780. The van der Waals surface area contributed by atoms with Crippen LogP contribution in [0.4, 0.5) is 0 Å². The zero-order valence-electron chi connectivity index (χ0n) is 12.4. The van der Waals surface area contributed by atoms with Gasteiger partial charge in [-0.2, -0.15) is 5.10 Å². The molecule has 0 saturated carbocycles. The average molecular weight is 313 g/mol. The summed E-state index contributed by atoms with van der Waals surface area (Å²) in [5, 5.41) is 12.9. The standard InChI is InChI=1S/C16H15N3O4/c1-2-7-22-9-10-23-8-3-4-13-5-6-14(11-15(20)21)19-16(13)17-12-18-19/h1,5-6,12H,7-11H2,(H,20,21). The second kappa shape index (κ2) is 8.54. The van der Waals surface area contributed by atoms with Gasteiger partial charge in [-0.05, 0) is 12.1 Å². The summed E-state index contributed by atoms with van der Waals surface area (Å²) in [6.07, 6.45) is 6.28. The molecule has 118 valence electrons. The number of aliphatic carboxylic acids is 1. The smallest absolute Gasteiger partial charge is 0.309 e. The highest BCUT2D eigenvalue weighted by Crippen LogP contribution is 2.10. The number of aromatic nitrogens is 3. The second-order valence-electron chi connectivity index (χ2n) is 4.42. The first-order chi connectivity index (χ1) is 11.2. The van der Waals surface area contributed by atoms with Gasteiger partial charge in [-0.3, -0.25) is 4.79 Å². The topological polar surface area (TPSA) is 86.0 Å². The predicted octanol–water partition coefficient (Wildman–Crippen LogP) is 0.374. The number of pyridine rings is 1. The third-order valence-electron chi connectivity index (χ3n) is 2.79. The number of terminal acetylenes is 1. The number of carbonyl (C=O) groups is 1. The summed E-state index contributed by atoms with van der Waals surface area (Å²) in [6, 6.07) is 3.40. The van der Waals surface area contributed by atoms with Crippen LogP contribution in [0.3, 0.4) is 0 Å². The van der Waals surface area contributed by atoms with Gasteiger partial charge in [0.25, 0.3) is 0 Å². The van der Waals surface area contributed by atoms with Crippen molar-refractivity contribution in [2.45, 2.75) is 6.42 Å². The third kappa shape index (κ3) is 4.82. The molecule has 0 radical (unpaired) electrons. The quantitative estimate of drug-likeness (QED) is 0.587. The average Bonchev–Trinajstić information content (AvgIpc) is 3.01. The van der Waals surface area contributed by atoms with Crippen LogP contribution in [-0.2, 0) is 20.7 Å². The number of hydrogen-bond donors (Lipinski definition) is 1. The lowest BCUT2D eigenvalue weighted by molar-refractivity contribution is -0.136. The molecule has 0 saturated heterocycles. The monoisotopic (exact) mass is 313 g/mol. The first-order valence-corrected chi connectivity index (χ1v) is 6.83. The maximum Gasteiger partial charge on any atom is 0.309 e. The summed E-state index contributed by atoms with van der Waals surface area (Å²) in [5.41, 5.74) is 1.72. The molecule has 0 bridgehead atoms. The Hall–Kier alpha value is -2.87. The summed E-state index contributed by atoms with van der Waals surface area (Å²) in [6.45, 7) is 1.34. The molecule has 23 heavy (non-hydrogen) atoms. The Kier molecular flexibility index (Phi) is 6.13. The van der Waals surface area contributed by atoms with Crippen molar-refractivity contribution in [3.05, 3.63) is 29.7 Å². The lowest BCUT2D eigenvalue weighted by atomic mass is 10.2. The second-order valence-corrected chi connectivity index (χ2v) is 4.42. The van der Waals surface area contributed by atoms with Crippen LogP contribution < -0.4 is 0 Å². The van der Waals surface area contributed by atoms with E-state index in [0.29, 0.717) is 30.1 Å². The lowest BCUT2D eigenvalue weighted by Crippen LogP contribution is -2.07. The molecule has 0 atom stereocenters. The van der Waals surface area contributed by atoms with E-state index in [9.17, 15) is 4.79 Å². The van der Waals surface area contributed by atoms with Gasteiger partial charge in [0.05, 0.1) is 30.9 Å². The van der Waals surface area contributed by atoms with Crippen molar-refractivity contribution in [2.24, 2.45) is 0 Å². The highest BCUT2D eigenvalue weighted by molar-refractivity contribution is 5.70. The molecule has 0 unspecified atom stereocenters. The van der Waals surface area contributed by atoms with Crippen molar-refractivity contribution in [3.63, 3.8) is 0 Å². The zero-order valence-corrected chi connectivity index (χ0v) is 12.4. The van der Waals surface area contributed by atoms with E-state index in [1.54, 1.807) is 12.1 Å². The van der Waals surface area contributed by atoms with Gasteiger partial charge in [-0.15, -0.1) is 6.42 Å². The van der Waals surface area contributed by atoms with Crippen molar-refractivity contribution >= 4 is 11.6 Å². The molecule has 7 heteroatoms. The number of rotatable bonds is 7. The van der Waals surface area contributed by atoms with Crippen LogP contribution >= 0.6 is 0 Å². The number of carboxylic acids is 1. The van der Waals surface area contributed by atoms with Crippen LogP contribution in [0.25, 0.3) is 5.65 Å². The van der Waals surface area contributed by atoms with Crippen LogP contribution in [0.2, 0.25) is 0 Å². The minimum Gasteiger partial charge on any atom is -0.481 e. The van der Waals surface area contributed by atoms with Crippen LogP contribution in [0.1, 0.15) is 11.3 Å². The molecule has 0 aliphatic carbocycles. The van der Waals surface area contributed by atoms with Gasteiger partial charge >= 0.3 is 5.97 Å². The predicted molar refractivity (Wildman–Crippen MR) is 81.7 cm³/mol. The molecule has 1 N–H and O–H groups in total. The molecule has 0 spiro atoms. The Labute approximate surface area is 133 Å². The lowest BCUT2D eigenvalue weighted by Gasteiger charge is -2.02. The Morgan fingerprint density at radius 1 is 1.30 bits per heavy atom. The van der Waals surface area contributed by atoms with Crippen LogP contribution in [0.5, 0.6) is 0 Å². The van der Waals surface area contributed by atoms with Crippen LogP contribution in [-0.4, -0.2) is 52.1 Å². The molecular weight excluding hydrogens is 298 g/mol. The minimum atomic E-state index is -0.930. The molecule has 7 nitrogen and oxygen atoms in total. The largest absolute Gasteiger partial charge is 0.481 e. The van der Waals surface area contributed by atoms with Gasteiger partial charge in [0.1, 0.15) is 19.5 Å². The molecule has 2 rings (SSSR count). The Balaban J connectivity index is 1.97. The van der Waals surface area contributed by atoms with E-state index < -0.39 is 5.97 Å². The van der Waals surface area contributed by atoms with Gasteiger partial charge in [0, 0.05) is 0 Å². The van der Waals surface area contributed by atoms with Crippen molar-refractivity contribution in [1.82, 2.24) is 14.6 Å². The normalized spacial score (nSPS) is 10.0. The Morgan fingerprint density at radius 2 is 2.09 bits per heavy atom. The van der Waals surface area contributed by atoms with Gasteiger partial charge < -0.3 is 14.6 Å². The van der Waals surface area contributed by atoms with E-state index in [-0.39, 0.29) is 19.6 Å². The van der Waals surface area contributed by atoms with Gasteiger partial charge in [-0.1, -0.05) is 17.8 Å². The maximum atomic E-state index is 10.8. The minimum absolute atomic E-state index is 0.131. The molecule has 2 aromatic heterocycles. The van der Waals surface area contributed by atoms with Crippen molar-refractivity contribution < 1.29 is 19.4 Å². The fraction of sp³-hybridized carbons (Fsp3) is 0.312. The summed E-state index contributed by atoms with van der Waals surface area (Å²) in [5.74, 6) is 7.24. The zero-order chi connectivity index (χ0) is 16.5. The molecule has 0 fully saturated rings. The van der Waals surface area contributed by atoms with Crippen molar-refractivity contribution in [2.75, 3.05) is 26.4 Å². The molecule has 2 aromatic rings. The van der Waals surface area contributed by atoms with Gasteiger partial charge in [0.15, 0.2) is 5.65 Å². The van der Waals surface area contributed by atoms with E-state index in [4.69, 9.17) is 21.0 Å². The Morgan fingerprint density at radius 3 is 2.83 bits per heavy atom. The van der Waals surface area contributed by atoms with Gasteiger partial charge in [0.2, 0.25) is 0 Å². The number of hydrogen-bond acceptors (Lipinski definition) is 5. The maximum absolute atomic E-state index is 10.8. The molecule has 0 aromatic carbocycles. The number of nitrogens with zero attached hydrogens (tertiary/aromatic N) is 3. The number of fused-ring (bicyclic) bond motifs is 1. The SMILES string of the molecule is C#CCOCCOCC#Cc1ccc(CC(=O)O)n2ncnc12. The summed E-state index contributed by atoms with van der Waals surface area (Å²) >= 11 is 0. The fourth-order valence-corrected chi connectivity index (χ4v) is 1.85. The molecule has 0 aliphatic heterocycles. The van der Waals surface area contributed by atoms with E-state index in [0.717, 1.165) is 0 Å². The molecule has 0 aliphatic rings. The van der Waals surface area contributed by atoms with Crippen molar-refractivity contribution in [1.29, 1.82) is 0 Å². The molecule has 0 amide bonds. The summed E-state index contributed by atoms with van der Waals surface area (Å²) in [7, 11) is 0. The molecular formula is C16H15N3O4. The first kappa shape index (κ1) is 16.5. The van der Waals surface area contributed by atoms with E-state index in [2.05, 4.69) is 27.8 Å². The van der Waals surface area contributed by atoms with E-state index >= 15 is 0 Å². The number of ether oxygens (including phenoxy) is 2. The van der Waals surface area contributed by atoms with E-state index in [1.165, 1.54) is 10.8 Å². The molecule has 2 heterocycles. The fourth-order valence-electron chi connectivity index (χ4n) is 1.85. The highest BCUT2D eigenvalue weighted by Gasteiger charge is 2.09. The van der Waals surface area contributed by atoms with Crippen LogP contribution in [0, 0.1) is 24.2 Å². The number of carboxylic acid groups (broad SMARTS) is 1. The third-order valence-corrected chi connectivity index (χ3v) is 2.79. The summed E-state index contributed by atoms with van der Waals surface area (Å²) in [4.78, 5) is 14.9. The van der Waals surface area contributed by atoms with Crippen LogP contribution in [0.15, 0.2) is 18.5 Å². The van der Waals surface area contributed by atoms with Crippen molar-refractivity contribution in [3.8, 4) is 24.2 Å². The van der Waals surface area contributed by atoms with E-state index in [1.807, 2.05) is 0 Å². The summed E-state index contributed by atoms with van der Waals surface area (Å²) < 4.78 is 11.8. The highest BCUT2D eigenvalue weighted by atomic mass is 16.5. The first-order valence-electron chi connectivity index (χ1n) is 6.83. The van der Waals surface area contributed by atoms with Gasteiger partial charge in [-0.25, -0.2) is 9.50 Å².